The second-order valence-electron chi connectivity index (χ2n) is 6.51. The highest BCUT2D eigenvalue weighted by Crippen LogP contribution is 2.27. The topological polar surface area (TPSA) is 0 Å². The van der Waals surface area contributed by atoms with Gasteiger partial charge in [-0.2, -0.15) is 0 Å². The molecule has 0 heterocycles. The molecule has 0 aromatic carbocycles. The molecule has 2 unspecified atom stereocenters. The molecular weight excluding hydrogens is 252 g/mol. The summed E-state index contributed by atoms with van der Waals surface area (Å²) < 4.78 is 0. The van der Waals surface area contributed by atoms with E-state index in [4.69, 9.17) is 0 Å². The summed E-state index contributed by atoms with van der Waals surface area (Å²) in [6.07, 6.45) is 17.3. The molecule has 2 radical (unpaired) electrons. The molecule has 2 atom stereocenters. The molecule has 122 valence electrons. The zero-order valence-corrected chi connectivity index (χ0v) is 14.8. The summed E-state index contributed by atoms with van der Waals surface area (Å²) in [5.74, 6) is 7.63. The van der Waals surface area contributed by atoms with Crippen molar-refractivity contribution in [1.29, 1.82) is 0 Å². The van der Waals surface area contributed by atoms with Gasteiger partial charge in [0.1, 0.15) is 0 Å². The van der Waals surface area contributed by atoms with E-state index in [2.05, 4.69) is 39.5 Å². The first-order chi connectivity index (χ1) is 10.3. The summed E-state index contributed by atoms with van der Waals surface area (Å²) in [6.45, 7) is 12.3. The van der Waals surface area contributed by atoms with Gasteiger partial charge < -0.3 is 0 Å². The maximum atomic E-state index is 3.94. The minimum Gasteiger partial charge on any atom is -0.103 e. The molecule has 0 aromatic rings. The van der Waals surface area contributed by atoms with Crippen molar-refractivity contribution in [2.75, 3.05) is 0 Å². The van der Waals surface area contributed by atoms with E-state index in [-0.39, 0.29) is 0 Å². The van der Waals surface area contributed by atoms with Crippen molar-refractivity contribution < 1.29 is 0 Å². The van der Waals surface area contributed by atoms with E-state index in [9.17, 15) is 0 Å². The Kier molecular flexibility index (Phi) is 15.6. The van der Waals surface area contributed by atoms with Gasteiger partial charge in [0.15, 0.2) is 0 Å². The minimum atomic E-state index is 0.900. The molecule has 0 saturated carbocycles. The SMILES string of the molecule is [CH2]C#CCCCCCCCC(CCCCC[CH2])C(C)CC. The third-order valence-electron chi connectivity index (χ3n) is 4.78. The molecule has 0 aromatic heterocycles. The predicted molar refractivity (Wildman–Crippen MR) is 96.8 cm³/mol. The molecule has 0 rings (SSSR count). The minimum absolute atomic E-state index is 0.900. The van der Waals surface area contributed by atoms with Crippen molar-refractivity contribution in [2.45, 2.75) is 97.3 Å². The summed E-state index contributed by atoms with van der Waals surface area (Å²) in [7, 11) is 0. The Balaban J connectivity index is 3.67. The van der Waals surface area contributed by atoms with Crippen molar-refractivity contribution in [3.05, 3.63) is 13.8 Å². The fourth-order valence-corrected chi connectivity index (χ4v) is 3.05. The number of hydrogen-bond acceptors (Lipinski definition) is 0. The summed E-state index contributed by atoms with van der Waals surface area (Å²) in [6, 6.07) is 0. The lowest BCUT2D eigenvalue weighted by atomic mass is 9.83. The van der Waals surface area contributed by atoms with Crippen LogP contribution in [0.1, 0.15) is 97.3 Å². The highest BCUT2D eigenvalue weighted by molar-refractivity contribution is 5.00. The van der Waals surface area contributed by atoms with Gasteiger partial charge in [0.25, 0.3) is 0 Å². The Morgan fingerprint density at radius 3 is 2.00 bits per heavy atom. The van der Waals surface area contributed by atoms with Crippen LogP contribution >= 0.6 is 0 Å². The quantitative estimate of drug-likeness (QED) is 0.238. The van der Waals surface area contributed by atoms with Gasteiger partial charge in [-0.05, 0) is 18.3 Å². The van der Waals surface area contributed by atoms with Gasteiger partial charge in [0.2, 0.25) is 0 Å². The van der Waals surface area contributed by atoms with Crippen LogP contribution in [0.25, 0.3) is 0 Å². The third-order valence-corrected chi connectivity index (χ3v) is 4.78. The lowest BCUT2D eigenvalue weighted by Crippen LogP contribution is -2.11. The maximum Gasteiger partial charge on any atom is 0.0198 e. The molecule has 0 heteroatoms. The van der Waals surface area contributed by atoms with Gasteiger partial charge >= 0.3 is 0 Å². The summed E-state index contributed by atoms with van der Waals surface area (Å²) in [5, 5.41) is 0. The highest BCUT2D eigenvalue weighted by atomic mass is 14.2. The second kappa shape index (κ2) is 15.9. The maximum absolute atomic E-state index is 3.94. The van der Waals surface area contributed by atoms with Gasteiger partial charge in [-0.15, -0.1) is 11.8 Å². The Labute approximate surface area is 135 Å². The lowest BCUT2D eigenvalue weighted by molar-refractivity contribution is 0.288. The van der Waals surface area contributed by atoms with Crippen LogP contribution in [-0.2, 0) is 0 Å². The van der Waals surface area contributed by atoms with Crippen molar-refractivity contribution in [3.63, 3.8) is 0 Å². The smallest absolute Gasteiger partial charge is 0.0198 e. The van der Waals surface area contributed by atoms with E-state index in [0.29, 0.717) is 0 Å². The fraction of sp³-hybridized carbons (Fsp3) is 0.810. The molecule has 0 aliphatic heterocycles. The average Bonchev–Trinajstić information content (AvgIpc) is 2.51. The Hall–Kier alpha value is -0.440. The van der Waals surface area contributed by atoms with E-state index in [0.717, 1.165) is 24.7 Å². The monoisotopic (exact) mass is 290 g/mol. The molecule has 0 saturated heterocycles. The average molecular weight is 291 g/mol. The van der Waals surface area contributed by atoms with Crippen molar-refractivity contribution in [1.82, 2.24) is 0 Å². The molecule has 0 spiro atoms. The molecule has 0 aliphatic carbocycles. The Bertz CT molecular complexity index is 255. The van der Waals surface area contributed by atoms with E-state index in [1.807, 2.05) is 0 Å². The molecule has 0 amide bonds. The normalized spacial score (nSPS) is 13.5. The van der Waals surface area contributed by atoms with Crippen LogP contribution in [0.15, 0.2) is 0 Å². The van der Waals surface area contributed by atoms with Crippen LogP contribution in [0.4, 0.5) is 0 Å². The van der Waals surface area contributed by atoms with Crippen LogP contribution in [0.3, 0.4) is 0 Å². The van der Waals surface area contributed by atoms with Gasteiger partial charge in [0, 0.05) is 13.3 Å². The van der Waals surface area contributed by atoms with Crippen LogP contribution in [0.2, 0.25) is 0 Å². The highest BCUT2D eigenvalue weighted by Gasteiger charge is 2.14. The van der Waals surface area contributed by atoms with Crippen molar-refractivity contribution in [2.24, 2.45) is 11.8 Å². The molecule has 0 fully saturated rings. The van der Waals surface area contributed by atoms with Gasteiger partial charge in [-0.25, -0.2) is 0 Å². The third kappa shape index (κ3) is 13.0. The second-order valence-corrected chi connectivity index (χ2v) is 6.51. The Morgan fingerprint density at radius 1 is 0.857 bits per heavy atom. The van der Waals surface area contributed by atoms with E-state index >= 15 is 0 Å². The molecule has 0 bridgehead atoms. The first-order valence-corrected chi connectivity index (χ1v) is 9.30. The first kappa shape index (κ1) is 20.6. The Morgan fingerprint density at radius 2 is 1.43 bits per heavy atom. The summed E-state index contributed by atoms with van der Waals surface area (Å²) in [4.78, 5) is 0. The molecule has 0 N–H and O–H groups in total. The molecular formula is C21H38. The van der Waals surface area contributed by atoms with Gasteiger partial charge in [-0.1, -0.05) is 91.4 Å². The fourth-order valence-electron chi connectivity index (χ4n) is 3.05. The van der Waals surface area contributed by atoms with Gasteiger partial charge in [-0.3, -0.25) is 0 Å². The summed E-state index contributed by atoms with van der Waals surface area (Å²) >= 11 is 0. The van der Waals surface area contributed by atoms with Crippen molar-refractivity contribution >= 4 is 0 Å². The number of rotatable bonds is 14. The van der Waals surface area contributed by atoms with Crippen LogP contribution < -0.4 is 0 Å². The standard InChI is InChI=1S/C21H38/c1-5-8-10-12-13-14-15-17-19-21(20(4)7-3)18-16-11-9-6-2/h20-21H,1-2,6-7,9-19H2,3-4H3. The molecule has 0 nitrogen and oxygen atoms in total. The zero-order chi connectivity index (χ0) is 15.8. The number of hydrogen-bond donors (Lipinski definition) is 0. The van der Waals surface area contributed by atoms with Crippen LogP contribution in [0, 0.1) is 37.5 Å². The van der Waals surface area contributed by atoms with E-state index < -0.39 is 0 Å². The van der Waals surface area contributed by atoms with E-state index in [1.165, 1.54) is 70.6 Å². The molecule has 0 aliphatic rings. The predicted octanol–water partition coefficient (Wildman–Crippen LogP) is 7.00. The van der Waals surface area contributed by atoms with Crippen molar-refractivity contribution in [3.8, 4) is 11.8 Å². The van der Waals surface area contributed by atoms with E-state index in [1.54, 1.807) is 0 Å². The summed E-state index contributed by atoms with van der Waals surface area (Å²) in [5.41, 5.74) is 0. The van der Waals surface area contributed by atoms with Crippen LogP contribution in [0.5, 0.6) is 0 Å². The lowest BCUT2D eigenvalue weighted by Gasteiger charge is -2.23. The first-order valence-electron chi connectivity index (χ1n) is 9.30. The van der Waals surface area contributed by atoms with Gasteiger partial charge in [0.05, 0.1) is 0 Å². The largest absolute Gasteiger partial charge is 0.103 e. The molecule has 21 heavy (non-hydrogen) atoms. The zero-order valence-electron chi connectivity index (χ0n) is 14.8. The number of unbranched alkanes of at least 4 members (excludes halogenated alkanes) is 8. The van der Waals surface area contributed by atoms with Crippen LogP contribution in [-0.4, -0.2) is 0 Å².